The van der Waals surface area contributed by atoms with E-state index in [2.05, 4.69) is 21.2 Å². The van der Waals surface area contributed by atoms with Crippen molar-refractivity contribution in [2.75, 3.05) is 0 Å². The molecule has 0 aliphatic heterocycles. The molecule has 3 N–H and O–H groups in total. The van der Waals surface area contributed by atoms with Crippen LogP contribution in [0.2, 0.25) is 0 Å². The van der Waals surface area contributed by atoms with E-state index in [0.29, 0.717) is 6.54 Å². The van der Waals surface area contributed by atoms with Crippen molar-refractivity contribution in [1.29, 1.82) is 0 Å². The second kappa shape index (κ2) is 7.12. The molecule has 0 saturated heterocycles. The highest BCUT2D eigenvalue weighted by atomic mass is 79.9. The van der Waals surface area contributed by atoms with Crippen LogP contribution in [0, 0.1) is 5.92 Å². The Labute approximate surface area is 122 Å². The van der Waals surface area contributed by atoms with Gasteiger partial charge in [0.2, 0.25) is 5.91 Å². The van der Waals surface area contributed by atoms with Crippen molar-refractivity contribution in [3.63, 3.8) is 0 Å². The zero-order chi connectivity index (χ0) is 12.3. The van der Waals surface area contributed by atoms with Gasteiger partial charge >= 0.3 is 0 Å². The van der Waals surface area contributed by atoms with Crippen molar-refractivity contribution in [2.45, 2.75) is 31.8 Å². The highest BCUT2D eigenvalue weighted by molar-refractivity contribution is 9.10. The summed E-state index contributed by atoms with van der Waals surface area (Å²) in [6.07, 6.45) is 2.72. The molecule has 1 aromatic rings. The molecule has 1 amide bonds. The molecule has 1 fully saturated rings. The summed E-state index contributed by atoms with van der Waals surface area (Å²) in [6, 6.07) is 8.17. The summed E-state index contributed by atoms with van der Waals surface area (Å²) in [5.41, 5.74) is 6.92. The predicted molar refractivity (Wildman–Crippen MR) is 78.6 cm³/mol. The van der Waals surface area contributed by atoms with Crippen LogP contribution in [0.25, 0.3) is 0 Å². The number of benzene rings is 1. The number of nitrogens with one attached hydrogen (secondary N) is 1. The van der Waals surface area contributed by atoms with Gasteiger partial charge in [-0.25, -0.2) is 0 Å². The normalized spacial score (nSPS) is 22.3. The Morgan fingerprint density at radius 3 is 2.56 bits per heavy atom. The van der Waals surface area contributed by atoms with Crippen LogP contribution in [0.4, 0.5) is 0 Å². The Morgan fingerprint density at radius 1 is 1.33 bits per heavy atom. The van der Waals surface area contributed by atoms with E-state index in [4.69, 9.17) is 5.73 Å². The molecule has 1 aliphatic carbocycles. The molecule has 1 aromatic carbocycles. The lowest BCUT2D eigenvalue weighted by atomic mass is 10.1. The monoisotopic (exact) mass is 332 g/mol. The van der Waals surface area contributed by atoms with Gasteiger partial charge in [-0.3, -0.25) is 4.79 Å². The Bertz CT molecular complexity index is 396. The number of nitrogens with two attached hydrogens (primary N) is 1. The third-order valence-corrected chi connectivity index (χ3v) is 3.75. The van der Waals surface area contributed by atoms with E-state index in [1.165, 1.54) is 0 Å². The van der Waals surface area contributed by atoms with E-state index in [9.17, 15) is 4.79 Å². The highest BCUT2D eigenvalue weighted by Gasteiger charge is 2.27. The molecule has 18 heavy (non-hydrogen) atoms. The topological polar surface area (TPSA) is 55.1 Å². The van der Waals surface area contributed by atoms with E-state index in [-0.39, 0.29) is 30.3 Å². The third-order valence-electron chi connectivity index (χ3n) is 3.22. The molecule has 1 aliphatic rings. The Balaban J connectivity index is 0.00000162. The van der Waals surface area contributed by atoms with Crippen molar-refractivity contribution >= 4 is 34.2 Å². The first kappa shape index (κ1) is 15.5. The average molecular weight is 334 g/mol. The first-order chi connectivity index (χ1) is 8.15. The van der Waals surface area contributed by atoms with E-state index in [1.807, 2.05) is 24.3 Å². The van der Waals surface area contributed by atoms with Gasteiger partial charge in [-0.1, -0.05) is 28.1 Å². The molecule has 0 heterocycles. The van der Waals surface area contributed by atoms with Gasteiger partial charge in [0, 0.05) is 23.0 Å². The van der Waals surface area contributed by atoms with Crippen LogP contribution in [0.5, 0.6) is 0 Å². The molecule has 3 nitrogen and oxygen atoms in total. The van der Waals surface area contributed by atoms with Crippen LogP contribution in [-0.2, 0) is 11.3 Å². The molecule has 100 valence electrons. The highest BCUT2D eigenvalue weighted by Crippen LogP contribution is 2.24. The zero-order valence-electron chi connectivity index (χ0n) is 10.1. The molecule has 5 heteroatoms. The number of carbonyl (C=O) groups is 1. The lowest BCUT2D eigenvalue weighted by molar-refractivity contribution is -0.125. The number of hydrogen-bond acceptors (Lipinski definition) is 2. The van der Waals surface area contributed by atoms with Crippen LogP contribution >= 0.6 is 28.3 Å². The van der Waals surface area contributed by atoms with E-state index in [1.54, 1.807) is 0 Å². The van der Waals surface area contributed by atoms with E-state index < -0.39 is 0 Å². The van der Waals surface area contributed by atoms with E-state index in [0.717, 1.165) is 29.3 Å². The molecule has 0 aromatic heterocycles. The predicted octanol–water partition coefficient (Wildman–Crippen LogP) is 2.61. The van der Waals surface area contributed by atoms with Gasteiger partial charge in [0.25, 0.3) is 0 Å². The van der Waals surface area contributed by atoms with Gasteiger partial charge in [-0.15, -0.1) is 12.4 Å². The van der Waals surface area contributed by atoms with Gasteiger partial charge < -0.3 is 11.1 Å². The largest absolute Gasteiger partial charge is 0.352 e. The fourth-order valence-corrected chi connectivity index (χ4v) is 2.45. The Kier molecular flexibility index (Phi) is 6.12. The maximum absolute atomic E-state index is 11.9. The summed E-state index contributed by atoms with van der Waals surface area (Å²) in [5, 5.41) is 2.97. The van der Waals surface area contributed by atoms with E-state index >= 15 is 0 Å². The maximum Gasteiger partial charge on any atom is 0.223 e. The van der Waals surface area contributed by atoms with Crippen molar-refractivity contribution < 1.29 is 4.79 Å². The molecule has 1 saturated carbocycles. The van der Waals surface area contributed by atoms with Gasteiger partial charge in [-0.2, -0.15) is 0 Å². The molecule has 0 radical (unpaired) electrons. The number of halogens is 2. The van der Waals surface area contributed by atoms with Crippen molar-refractivity contribution in [1.82, 2.24) is 5.32 Å². The van der Waals surface area contributed by atoms with Crippen LogP contribution in [0.3, 0.4) is 0 Å². The third kappa shape index (κ3) is 4.26. The molecule has 2 rings (SSSR count). The minimum atomic E-state index is 0. The molecular weight excluding hydrogens is 316 g/mol. The minimum Gasteiger partial charge on any atom is -0.352 e. The maximum atomic E-state index is 11.9. The number of carbonyl (C=O) groups excluding carboxylic acids is 1. The summed E-state index contributed by atoms with van der Waals surface area (Å²) in [5.74, 6) is 0.251. The van der Waals surface area contributed by atoms with Crippen LogP contribution in [-0.4, -0.2) is 11.9 Å². The fourth-order valence-electron chi connectivity index (χ4n) is 2.19. The molecule has 2 unspecified atom stereocenters. The second-order valence-corrected chi connectivity index (χ2v) is 5.53. The number of amides is 1. The standard InChI is InChI=1S/C13H17BrN2O.ClH/c14-11-4-1-9(2-5-11)8-16-13(17)10-3-6-12(15)7-10;/h1-2,4-5,10,12H,3,6-8,15H2,(H,16,17);1H. The summed E-state index contributed by atoms with van der Waals surface area (Å²) < 4.78 is 1.05. The summed E-state index contributed by atoms with van der Waals surface area (Å²) in [7, 11) is 0. The number of hydrogen-bond donors (Lipinski definition) is 2. The molecular formula is C13H18BrClN2O. The zero-order valence-corrected chi connectivity index (χ0v) is 12.5. The second-order valence-electron chi connectivity index (χ2n) is 4.61. The van der Waals surface area contributed by atoms with Gasteiger partial charge in [0.05, 0.1) is 0 Å². The summed E-state index contributed by atoms with van der Waals surface area (Å²) in [6.45, 7) is 0.595. The molecule has 0 spiro atoms. The first-order valence-corrected chi connectivity index (χ1v) is 6.72. The van der Waals surface area contributed by atoms with Gasteiger partial charge in [0.15, 0.2) is 0 Å². The fraction of sp³-hybridized carbons (Fsp3) is 0.462. The lowest BCUT2D eigenvalue weighted by Crippen LogP contribution is -2.29. The van der Waals surface area contributed by atoms with Crippen LogP contribution in [0.15, 0.2) is 28.7 Å². The average Bonchev–Trinajstić information content (AvgIpc) is 2.75. The first-order valence-electron chi connectivity index (χ1n) is 5.93. The van der Waals surface area contributed by atoms with Gasteiger partial charge in [0.1, 0.15) is 0 Å². The van der Waals surface area contributed by atoms with Crippen molar-refractivity contribution in [3.8, 4) is 0 Å². The van der Waals surface area contributed by atoms with Crippen LogP contribution < -0.4 is 11.1 Å². The Hall–Kier alpha value is -0.580. The lowest BCUT2D eigenvalue weighted by Gasteiger charge is -2.10. The Morgan fingerprint density at radius 2 is 2.00 bits per heavy atom. The SMILES string of the molecule is Cl.NC1CCC(C(=O)NCc2ccc(Br)cc2)C1. The number of rotatable bonds is 3. The van der Waals surface area contributed by atoms with Gasteiger partial charge in [-0.05, 0) is 37.0 Å². The summed E-state index contributed by atoms with van der Waals surface area (Å²) in [4.78, 5) is 11.9. The molecule has 0 bridgehead atoms. The molecule has 2 atom stereocenters. The smallest absolute Gasteiger partial charge is 0.223 e. The quantitative estimate of drug-likeness (QED) is 0.893. The summed E-state index contributed by atoms with van der Waals surface area (Å²) >= 11 is 3.38. The minimum absolute atomic E-state index is 0. The van der Waals surface area contributed by atoms with Crippen molar-refractivity contribution in [3.05, 3.63) is 34.3 Å². The van der Waals surface area contributed by atoms with Crippen molar-refractivity contribution in [2.24, 2.45) is 11.7 Å². The van der Waals surface area contributed by atoms with Crippen LogP contribution in [0.1, 0.15) is 24.8 Å².